The third-order valence-corrected chi connectivity index (χ3v) is 5.01. The predicted octanol–water partition coefficient (Wildman–Crippen LogP) is 5.87. The number of nitrogens with zero attached hydrogens (tertiary/aromatic N) is 1. The zero-order chi connectivity index (χ0) is 18.4. The maximum atomic E-state index is 5.78. The lowest BCUT2D eigenvalue weighted by atomic mass is 9.88. The minimum Gasteiger partial charge on any atom is -0.491 e. The van der Waals surface area contributed by atoms with Gasteiger partial charge in [0.25, 0.3) is 0 Å². The molecule has 1 N–H and O–H groups in total. The van der Waals surface area contributed by atoms with E-state index in [9.17, 15) is 0 Å². The molecule has 0 fully saturated rings. The molecule has 1 atom stereocenters. The lowest BCUT2D eigenvalue weighted by molar-refractivity contribution is 0.242. The number of thiazole rings is 1. The topological polar surface area (TPSA) is 34.2 Å². The highest BCUT2D eigenvalue weighted by atomic mass is 32.1. The highest BCUT2D eigenvalue weighted by molar-refractivity contribution is 7.13. The summed E-state index contributed by atoms with van der Waals surface area (Å²) in [5.41, 5.74) is 3.94. The van der Waals surface area contributed by atoms with Crippen LogP contribution in [0.15, 0.2) is 60.1 Å². The van der Waals surface area contributed by atoms with Gasteiger partial charge in [0.2, 0.25) is 0 Å². The van der Waals surface area contributed by atoms with Crippen molar-refractivity contribution < 1.29 is 4.74 Å². The van der Waals surface area contributed by atoms with Gasteiger partial charge in [-0.2, -0.15) is 0 Å². The van der Waals surface area contributed by atoms with Crippen molar-refractivity contribution in [1.82, 2.24) is 4.98 Å². The quantitative estimate of drug-likeness (QED) is 0.541. The summed E-state index contributed by atoms with van der Waals surface area (Å²) in [6.07, 6.45) is 3.03. The smallest absolute Gasteiger partial charge is 0.182 e. The van der Waals surface area contributed by atoms with Crippen molar-refractivity contribution in [2.45, 2.75) is 39.2 Å². The number of aryl methyl sites for hydroxylation is 1. The van der Waals surface area contributed by atoms with Crippen LogP contribution in [-0.2, 0) is 0 Å². The first-order chi connectivity index (χ1) is 12.6. The number of hydrogen-bond acceptors (Lipinski definition) is 4. The summed E-state index contributed by atoms with van der Waals surface area (Å²) in [5.74, 6) is 1.27. The first-order valence-corrected chi connectivity index (χ1v) is 9.96. The Morgan fingerprint density at radius 1 is 1.00 bits per heavy atom. The van der Waals surface area contributed by atoms with Gasteiger partial charge in [-0.15, -0.1) is 11.3 Å². The van der Waals surface area contributed by atoms with E-state index in [2.05, 4.69) is 65.8 Å². The Kier molecular flexibility index (Phi) is 6.29. The Hall–Kier alpha value is -2.33. The van der Waals surface area contributed by atoms with Crippen molar-refractivity contribution in [3.8, 4) is 5.75 Å². The zero-order valence-electron chi connectivity index (χ0n) is 15.6. The van der Waals surface area contributed by atoms with Gasteiger partial charge in [-0.3, -0.25) is 0 Å². The van der Waals surface area contributed by atoms with E-state index in [-0.39, 0.29) is 6.10 Å². The van der Waals surface area contributed by atoms with Crippen LogP contribution in [0.1, 0.15) is 42.9 Å². The number of benzene rings is 2. The first-order valence-electron chi connectivity index (χ1n) is 9.08. The lowest BCUT2D eigenvalue weighted by Gasteiger charge is -2.19. The summed E-state index contributed by atoms with van der Waals surface area (Å²) < 4.78 is 5.78. The predicted molar refractivity (Wildman–Crippen MR) is 110 cm³/mol. The van der Waals surface area contributed by atoms with Crippen molar-refractivity contribution in [1.29, 1.82) is 0 Å². The molecular weight excluding hydrogens is 340 g/mol. The van der Waals surface area contributed by atoms with Crippen molar-refractivity contribution in [2.75, 3.05) is 11.9 Å². The van der Waals surface area contributed by atoms with Crippen LogP contribution < -0.4 is 10.1 Å². The number of hydrogen-bond donors (Lipinski definition) is 1. The molecule has 0 radical (unpaired) electrons. The molecular formula is C22H26N2OS. The molecule has 136 valence electrons. The van der Waals surface area contributed by atoms with Crippen LogP contribution in [-0.4, -0.2) is 17.6 Å². The molecule has 0 saturated heterocycles. The van der Waals surface area contributed by atoms with Gasteiger partial charge in [-0.05, 0) is 50.5 Å². The van der Waals surface area contributed by atoms with Crippen molar-refractivity contribution in [3.05, 3.63) is 76.8 Å². The van der Waals surface area contributed by atoms with E-state index in [1.54, 1.807) is 11.3 Å². The fourth-order valence-corrected chi connectivity index (χ4v) is 3.57. The Balaban J connectivity index is 1.76. The lowest BCUT2D eigenvalue weighted by Crippen LogP contribution is -2.10. The van der Waals surface area contributed by atoms with Crippen LogP contribution in [0.5, 0.6) is 5.75 Å². The third kappa shape index (κ3) is 5.09. The first kappa shape index (κ1) is 18.5. The second-order valence-corrected chi connectivity index (χ2v) is 7.65. The maximum absolute atomic E-state index is 5.78. The van der Waals surface area contributed by atoms with Crippen molar-refractivity contribution >= 4 is 16.5 Å². The van der Waals surface area contributed by atoms with E-state index >= 15 is 0 Å². The molecule has 0 aliphatic heterocycles. The Labute approximate surface area is 160 Å². The number of anilines is 1. The third-order valence-electron chi connectivity index (χ3n) is 4.28. The molecule has 0 amide bonds. The van der Waals surface area contributed by atoms with Gasteiger partial charge in [0.1, 0.15) is 5.75 Å². The number of ether oxygens (including phenoxy) is 1. The van der Waals surface area contributed by atoms with E-state index < -0.39 is 0 Å². The Morgan fingerprint density at radius 3 is 2.23 bits per heavy atom. The minimum absolute atomic E-state index is 0.191. The van der Waals surface area contributed by atoms with Crippen LogP contribution in [0.25, 0.3) is 0 Å². The summed E-state index contributed by atoms with van der Waals surface area (Å²) in [7, 11) is 0. The van der Waals surface area contributed by atoms with Gasteiger partial charge in [-0.25, -0.2) is 4.98 Å². The molecule has 0 spiro atoms. The highest BCUT2D eigenvalue weighted by Gasteiger charge is 2.14. The van der Waals surface area contributed by atoms with Gasteiger partial charge >= 0.3 is 0 Å². The van der Waals surface area contributed by atoms with Gasteiger partial charge in [0, 0.05) is 24.0 Å². The Bertz CT molecular complexity index is 780. The summed E-state index contributed by atoms with van der Waals surface area (Å²) in [6.45, 7) is 7.11. The molecule has 0 bridgehead atoms. The number of aromatic nitrogens is 1. The SMILES string of the molecule is Cc1ccc(C(CCNc2nccs2)c2ccc(OC(C)C)cc2)cc1. The molecule has 0 saturated carbocycles. The summed E-state index contributed by atoms with van der Waals surface area (Å²) >= 11 is 1.64. The number of nitrogens with one attached hydrogen (secondary N) is 1. The molecule has 1 aromatic heterocycles. The van der Waals surface area contributed by atoms with E-state index in [0.29, 0.717) is 5.92 Å². The Morgan fingerprint density at radius 2 is 1.65 bits per heavy atom. The molecule has 0 aliphatic carbocycles. The summed E-state index contributed by atoms with van der Waals surface area (Å²) in [4.78, 5) is 4.30. The zero-order valence-corrected chi connectivity index (χ0v) is 16.4. The monoisotopic (exact) mass is 366 g/mol. The van der Waals surface area contributed by atoms with Crippen LogP contribution in [0, 0.1) is 6.92 Å². The van der Waals surface area contributed by atoms with Crippen LogP contribution in [0.4, 0.5) is 5.13 Å². The standard InChI is InChI=1S/C22H26N2OS/c1-16(2)25-20-10-8-19(9-11-20)21(18-6-4-17(3)5-7-18)12-13-23-22-24-14-15-26-22/h4-11,14-16,21H,12-13H2,1-3H3,(H,23,24). The average Bonchev–Trinajstić information content (AvgIpc) is 3.14. The van der Waals surface area contributed by atoms with Gasteiger partial charge in [0.15, 0.2) is 5.13 Å². The molecule has 1 unspecified atom stereocenters. The second kappa shape index (κ2) is 8.86. The summed E-state index contributed by atoms with van der Waals surface area (Å²) in [5, 5.41) is 6.40. The molecule has 2 aromatic carbocycles. The van der Waals surface area contributed by atoms with E-state index in [0.717, 1.165) is 23.8 Å². The van der Waals surface area contributed by atoms with Crippen molar-refractivity contribution in [2.24, 2.45) is 0 Å². The summed E-state index contributed by atoms with van der Waals surface area (Å²) in [6, 6.07) is 17.4. The molecule has 0 aliphatic rings. The van der Waals surface area contributed by atoms with Crippen molar-refractivity contribution in [3.63, 3.8) is 0 Å². The molecule has 4 heteroatoms. The second-order valence-electron chi connectivity index (χ2n) is 6.75. The molecule has 1 heterocycles. The van der Waals surface area contributed by atoms with Gasteiger partial charge in [-0.1, -0.05) is 42.0 Å². The molecule has 26 heavy (non-hydrogen) atoms. The highest BCUT2D eigenvalue weighted by Crippen LogP contribution is 2.30. The number of rotatable bonds is 8. The van der Waals surface area contributed by atoms with E-state index in [4.69, 9.17) is 4.74 Å². The minimum atomic E-state index is 0.191. The normalized spacial score (nSPS) is 12.2. The van der Waals surface area contributed by atoms with Gasteiger partial charge < -0.3 is 10.1 Å². The van der Waals surface area contributed by atoms with Crippen LogP contribution in [0.2, 0.25) is 0 Å². The van der Waals surface area contributed by atoms with Gasteiger partial charge in [0.05, 0.1) is 6.10 Å². The molecule has 3 rings (SSSR count). The fourth-order valence-electron chi connectivity index (χ4n) is 3.01. The van der Waals surface area contributed by atoms with E-state index in [1.165, 1.54) is 16.7 Å². The average molecular weight is 367 g/mol. The fraction of sp³-hybridized carbons (Fsp3) is 0.318. The maximum Gasteiger partial charge on any atom is 0.182 e. The van der Waals surface area contributed by atoms with Crippen LogP contribution >= 0.6 is 11.3 Å². The molecule has 3 nitrogen and oxygen atoms in total. The van der Waals surface area contributed by atoms with Crippen LogP contribution in [0.3, 0.4) is 0 Å². The van der Waals surface area contributed by atoms with E-state index in [1.807, 2.05) is 25.4 Å². The molecule has 3 aromatic rings. The largest absolute Gasteiger partial charge is 0.491 e.